The van der Waals surface area contributed by atoms with Gasteiger partial charge in [-0.1, -0.05) is 69.3 Å². The van der Waals surface area contributed by atoms with Crippen LogP contribution in [-0.2, 0) is 65.9 Å². The van der Waals surface area contributed by atoms with E-state index in [1.165, 1.54) is 12.1 Å². The molecular weight excluding hydrogens is 940 g/mol. The normalized spacial score (nSPS) is 16.1. The number of aryl methyl sites for hydroxylation is 1. The third-order valence-corrected chi connectivity index (χ3v) is 12.2. The first-order valence-corrected chi connectivity index (χ1v) is 22.3. The molecule has 1 aromatic heterocycles. The minimum atomic E-state index is -0.918. The molecule has 0 bridgehead atoms. The Morgan fingerprint density at radius 3 is 2.21 bits per heavy atom. The van der Waals surface area contributed by atoms with Crippen LogP contribution in [0.5, 0.6) is 0 Å². The number of fused-ring (bicyclic) bond motifs is 1. The Balaban J connectivity index is 0.000000316. The SMILES string of the molecule is O=C1CCC(N2C(=O)c3[c-]cccc3C2=O)C(=O)N1.[CH2-]COCCN1CCN(C(=O)c2ccc(Cc3nc(-c4cccc(NC(=O)c5ccc(C(C)(C)C)cc5)c4C)cn(C)c3=O)cc2)CC1.[Y]. The van der Waals surface area contributed by atoms with Crippen molar-refractivity contribution >= 4 is 41.1 Å². The summed E-state index contributed by atoms with van der Waals surface area (Å²) in [6, 6.07) is 27.3. The average Bonchev–Trinajstić information content (AvgIpc) is 3.57. The summed E-state index contributed by atoms with van der Waals surface area (Å²) >= 11 is 0. The Hall–Kier alpha value is -6.00. The van der Waals surface area contributed by atoms with Crippen molar-refractivity contribution in [2.24, 2.45) is 7.05 Å². The standard InChI is InChI=1S/C39H46N5O4.C13H9N2O4.Y/c1-7-48-24-23-43-19-21-44(22-20-43)37(46)30-13-11-28(12-14-30)25-34-38(47)42(6)26-35(40-34)32-9-8-10-33(27(32)2)41-36(45)29-15-17-31(18-16-29)39(3,4)5;16-10-6-5-9(11(17)14-10)15-12(18)7-3-1-2-4-8(7)13(15)19;/h8-18,26H,1,7,19-25H2,2-6H3,(H,41,45);1-3,9H,5-6H2,(H,14,16,17);/q2*-1;. The predicted molar refractivity (Wildman–Crippen MR) is 252 cm³/mol. The zero-order chi connectivity index (χ0) is 48.0. The molecule has 1 radical (unpaired) electrons. The number of carbonyl (C=O) groups is 6. The van der Waals surface area contributed by atoms with Gasteiger partial charge in [0.2, 0.25) is 17.7 Å². The number of imide groups is 2. The molecule has 2 saturated heterocycles. The predicted octanol–water partition coefficient (Wildman–Crippen LogP) is 5.39. The topological polar surface area (TPSA) is 180 Å². The third kappa shape index (κ3) is 11.8. The van der Waals surface area contributed by atoms with Crippen LogP contribution in [0.4, 0.5) is 5.69 Å². The fraction of sp³-hybridized carbons (Fsp3) is 0.327. The number of nitrogens with one attached hydrogen (secondary N) is 2. The minimum absolute atomic E-state index is 0. The van der Waals surface area contributed by atoms with Gasteiger partial charge >= 0.3 is 0 Å². The second-order valence-corrected chi connectivity index (χ2v) is 17.8. The molecule has 8 rings (SSSR count). The van der Waals surface area contributed by atoms with Crippen LogP contribution in [0, 0.1) is 19.9 Å². The summed E-state index contributed by atoms with van der Waals surface area (Å²) in [5, 5.41) is 5.19. The Morgan fingerprint density at radius 1 is 0.882 bits per heavy atom. The molecule has 6 amide bonds. The van der Waals surface area contributed by atoms with Gasteiger partial charge in [-0.25, -0.2) is 4.98 Å². The van der Waals surface area contributed by atoms with E-state index in [-0.39, 0.29) is 85.4 Å². The zero-order valence-electron chi connectivity index (χ0n) is 39.1. The molecule has 2 N–H and O–H groups in total. The largest absolute Gasteiger partial charge is 0.412 e. The van der Waals surface area contributed by atoms with Gasteiger partial charge in [-0.05, 0) is 71.3 Å². The molecule has 1 unspecified atom stereocenters. The van der Waals surface area contributed by atoms with E-state index in [2.05, 4.69) is 49.3 Å². The molecule has 68 heavy (non-hydrogen) atoms. The van der Waals surface area contributed by atoms with Gasteiger partial charge in [-0.3, -0.25) is 39.0 Å². The van der Waals surface area contributed by atoms with Gasteiger partial charge in [0.15, 0.2) is 5.91 Å². The molecule has 0 saturated carbocycles. The summed E-state index contributed by atoms with van der Waals surface area (Å²) < 4.78 is 6.89. The molecule has 0 spiro atoms. The number of anilines is 1. The van der Waals surface area contributed by atoms with E-state index in [0.717, 1.165) is 46.8 Å². The van der Waals surface area contributed by atoms with E-state index in [0.29, 0.717) is 60.9 Å². The van der Waals surface area contributed by atoms with Crippen molar-refractivity contribution in [1.29, 1.82) is 0 Å². The zero-order valence-corrected chi connectivity index (χ0v) is 41.9. The first-order valence-electron chi connectivity index (χ1n) is 22.3. The van der Waals surface area contributed by atoms with Gasteiger partial charge in [0.1, 0.15) is 11.7 Å². The van der Waals surface area contributed by atoms with Crippen molar-refractivity contribution in [3.8, 4) is 11.3 Å². The van der Waals surface area contributed by atoms with Crippen LogP contribution in [0.1, 0.15) is 97.4 Å². The molecule has 4 heterocycles. The fourth-order valence-corrected chi connectivity index (χ4v) is 8.23. The summed E-state index contributed by atoms with van der Waals surface area (Å²) in [6.07, 6.45) is 2.33. The quantitative estimate of drug-likeness (QED) is 0.0991. The fourth-order valence-electron chi connectivity index (χ4n) is 8.23. The first-order chi connectivity index (χ1) is 32.0. The van der Waals surface area contributed by atoms with Gasteiger partial charge in [-0.2, -0.15) is 0 Å². The number of hydrogen-bond acceptors (Lipinski definition) is 10. The maximum atomic E-state index is 13.2. The van der Waals surface area contributed by atoms with Gasteiger partial charge < -0.3 is 36.1 Å². The first kappa shape index (κ1) is 51.4. The summed E-state index contributed by atoms with van der Waals surface area (Å²) in [5.74, 6) is -2.21. The van der Waals surface area contributed by atoms with Crippen molar-refractivity contribution < 1.29 is 66.2 Å². The van der Waals surface area contributed by atoms with E-state index < -0.39 is 23.8 Å². The molecule has 15 nitrogen and oxygen atoms in total. The molecule has 2 fully saturated rings. The monoisotopic (exact) mass is 994 g/mol. The number of benzene rings is 4. The number of piperidine rings is 1. The van der Waals surface area contributed by atoms with E-state index in [9.17, 15) is 33.6 Å². The Bertz CT molecular complexity index is 2720. The number of rotatable bonds is 11. The van der Waals surface area contributed by atoms with Crippen molar-refractivity contribution in [1.82, 2.24) is 29.6 Å². The van der Waals surface area contributed by atoms with Crippen LogP contribution < -0.4 is 16.2 Å². The molecule has 16 heteroatoms. The molecule has 5 aromatic rings. The van der Waals surface area contributed by atoms with Crippen LogP contribution in [0.2, 0.25) is 0 Å². The van der Waals surface area contributed by atoms with E-state index >= 15 is 0 Å². The number of aromatic nitrogens is 2. The third-order valence-electron chi connectivity index (χ3n) is 12.2. The van der Waals surface area contributed by atoms with Crippen LogP contribution in [0.25, 0.3) is 11.3 Å². The molecular formula is C52H55N7O8Y-2. The van der Waals surface area contributed by atoms with E-state index in [4.69, 9.17) is 9.72 Å². The van der Waals surface area contributed by atoms with Gasteiger partial charge in [0, 0.05) is 114 Å². The Labute approximate surface area is 421 Å². The summed E-state index contributed by atoms with van der Waals surface area (Å²) in [4.78, 5) is 96.5. The molecule has 4 aromatic carbocycles. The molecule has 1 atom stereocenters. The number of amides is 6. The number of ether oxygens (including phenoxy) is 1. The summed E-state index contributed by atoms with van der Waals surface area (Å²) in [5.41, 5.74) is 6.90. The van der Waals surface area contributed by atoms with Crippen LogP contribution in [-0.4, -0.2) is 112 Å². The minimum Gasteiger partial charge on any atom is -0.412 e. The maximum absolute atomic E-state index is 13.2. The molecule has 0 aliphatic carbocycles. The van der Waals surface area contributed by atoms with E-state index in [1.807, 2.05) is 78.6 Å². The van der Waals surface area contributed by atoms with Gasteiger partial charge in [0.05, 0.1) is 12.3 Å². The van der Waals surface area contributed by atoms with Crippen molar-refractivity contribution in [2.45, 2.75) is 58.4 Å². The molecule has 3 aliphatic rings. The van der Waals surface area contributed by atoms with E-state index in [1.54, 1.807) is 23.9 Å². The second kappa shape index (κ2) is 22.4. The van der Waals surface area contributed by atoms with Gasteiger partial charge in [-0.15, -0.1) is 24.3 Å². The average molecular weight is 995 g/mol. The Morgan fingerprint density at radius 2 is 1.56 bits per heavy atom. The molecule has 3 aliphatic heterocycles. The van der Waals surface area contributed by atoms with Crippen LogP contribution in [0.3, 0.4) is 0 Å². The summed E-state index contributed by atoms with van der Waals surface area (Å²) in [6.45, 7) is 17.0. The van der Waals surface area contributed by atoms with Gasteiger partial charge in [0.25, 0.3) is 17.4 Å². The van der Waals surface area contributed by atoms with Crippen molar-refractivity contribution in [2.75, 3.05) is 51.3 Å². The van der Waals surface area contributed by atoms with Crippen LogP contribution in [0.15, 0.2) is 95.9 Å². The second-order valence-electron chi connectivity index (χ2n) is 17.8. The summed E-state index contributed by atoms with van der Waals surface area (Å²) in [7, 11) is 1.72. The Kier molecular flexibility index (Phi) is 16.9. The van der Waals surface area contributed by atoms with Crippen molar-refractivity contribution in [3.63, 3.8) is 0 Å². The van der Waals surface area contributed by atoms with Crippen LogP contribution >= 0.6 is 0 Å². The van der Waals surface area contributed by atoms with Crippen molar-refractivity contribution in [3.05, 3.63) is 159 Å². The molecule has 351 valence electrons. The smallest absolute Gasteiger partial charge is 0.272 e. The number of hydrogen-bond donors (Lipinski definition) is 2. The number of nitrogens with zero attached hydrogens (tertiary/aromatic N) is 5. The number of carbonyl (C=O) groups excluding carboxylic acids is 6. The number of piperazine rings is 1. The maximum Gasteiger partial charge on any atom is 0.272 e.